The van der Waals surface area contributed by atoms with Gasteiger partial charge in [0.25, 0.3) is 5.91 Å². The van der Waals surface area contributed by atoms with E-state index >= 15 is 0 Å². The third-order valence-corrected chi connectivity index (χ3v) is 7.31. The standard InChI is InChI=1S/C22H22N2O3S2/c1-14-19(29-20(23-14)15-7-5-4-6-8-15)21(25)24-11-12-28-22(24)16-9-10-17(26-2)18(13-16)27-3/h4-10,13,22H,11-12H2,1-3H3. The molecule has 0 bridgehead atoms. The highest BCUT2D eigenvalue weighted by atomic mass is 32.2. The van der Waals surface area contributed by atoms with Crippen LogP contribution in [-0.4, -0.2) is 42.3 Å². The van der Waals surface area contributed by atoms with Crippen LogP contribution in [0.3, 0.4) is 0 Å². The van der Waals surface area contributed by atoms with Crippen LogP contribution in [0.15, 0.2) is 48.5 Å². The summed E-state index contributed by atoms with van der Waals surface area (Å²) in [7, 11) is 3.24. The summed E-state index contributed by atoms with van der Waals surface area (Å²) >= 11 is 3.22. The molecule has 0 aliphatic carbocycles. The number of aromatic nitrogens is 1. The maximum Gasteiger partial charge on any atom is 0.267 e. The number of thioether (sulfide) groups is 1. The molecule has 1 aliphatic heterocycles. The Balaban J connectivity index is 1.63. The number of carbonyl (C=O) groups is 1. The quantitative estimate of drug-likeness (QED) is 0.573. The molecule has 5 nitrogen and oxygen atoms in total. The number of carbonyl (C=O) groups excluding carboxylic acids is 1. The van der Waals surface area contributed by atoms with Crippen LogP contribution in [0, 0.1) is 6.92 Å². The van der Waals surface area contributed by atoms with Crippen molar-refractivity contribution in [3.63, 3.8) is 0 Å². The molecular weight excluding hydrogens is 404 g/mol. The van der Waals surface area contributed by atoms with Gasteiger partial charge in [0, 0.05) is 17.9 Å². The number of hydrogen-bond acceptors (Lipinski definition) is 6. The zero-order valence-electron chi connectivity index (χ0n) is 16.5. The van der Waals surface area contributed by atoms with Crippen LogP contribution >= 0.6 is 23.1 Å². The van der Waals surface area contributed by atoms with E-state index in [1.807, 2.05) is 60.4 Å². The first-order valence-corrected chi connectivity index (χ1v) is 11.2. The van der Waals surface area contributed by atoms with Gasteiger partial charge in [-0.2, -0.15) is 0 Å². The molecule has 1 atom stereocenters. The van der Waals surface area contributed by atoms with E-state index in [0.717, 1.165) is 27.6 Å². The van der Waals surface area contributed by atoms with Crippen LogP contribution in [0.1, 0.15) is 26.3 Å². The van der Waals surface area contributed by atoms with Crippen molar-refractivity contribution in [2.24, 2.45) is 0 Å². The van der Waals surface area contributed by atoms with Crippen LogP contribution in [0.4, 0.5) is 0 Å². The number of ether oxygens (including phenoxy) is 2. The van der Waals surface area contributed by atoms with Gasteiger partial charge in [0.2, 0.25) is 0 Å². The first-order valence-electron chi connectivity index (χ1n) is 9.29. The lowest BCUT2D eigenvalue weighted by atomic mass is 10.1. The Labute approximate surface area is 178 Å². The summed E-state index contributed by atoms with van der Waals surface area (Å²) < 4.78 is 10.8. The highest BCUT2D eigenvalue weighted by Gasteiger charge is 2.33. The summed E-state index contributed by atoms with van der Waals surface area (Å²) in [6, 6.07) is 15.8. The van der Waals surface area contributed by atoms with Gasteiger partial charge in [-0.25, -0.2) is 4.98 Å². The Morgan fingerprint density at radius 3 is 2.59 bits per heavy atom. The molecule has 0 radical (unpaired) electrons. The number of amides is 1. The zero-order valence-corrected chi connectivity index (χ0v) is 18.2. The largest absolute Gasteiger partial charge is 0.493 e. The van der Waals surface area contributed by atoms with Crippen LogP contribution < -0.4 is 9.47 Å². The molecule has 1 aromatic heterocycles. The molecule has 2 heterocycles. The molecule has 2 aromatic carbocycles. The predicted molar refractivity (Wildman–Crippen MR) is 118 cm³/mol. The summed E-state index contributed by atoms with van der Waals surface area (Å²) in [6.45, 7) is 2.62. The number of rotatable bonds is 5. The van der Waals surface area contributed by atoms with Gasteiger partial charge >= 0.3 is 0 Å². The van der Waals surface area contributed by atoms with E-state index < -0.39 is 0 Å². The van der Waals surface area contributed by atoms with Gasteiger partial charge < -0.3 is 14.4 Å². The van der Waals surface area contributed by atoms with Gasteiger partial charge in [-0.1, -0.05) is 36.4 Å². The second kappa shape index (κ2) is 8.47. The first kappa shape index (κ1) is 19.8. The molecule has 4 rings (SSSR count). The Morgan fingerprint density at radius 1 is 1.10 bits per heavy atom. The summed E-state index contributed by atoms with van der Waals surface area (Å²) in [4.78, 5) is 20.7. The minimum Gasteiger partial charge on any atom is -0.493 e. The molecular formula is C22H22N2O3S2. The van der Waals surface area contributed by atoms with Crippen LogP contribution in [0.2, 0.25) is 0 Å². The Hall–Kier alpha value is -2.51. The van der Waals surface area contributed by atoms with Crippen molar-refractivity contribution in [2.75, 3.05) is 26.5 Å². The van der Waals surface area contributed by atoms with E-state index in [4.69, 9.17) is 9.47 Å². The van der Waals surface area contributed by atoms with E-state index in [9.17, 15) is 4.79 Å². The molecule has 150 valence electrons. The number of hydrogen-bond donors (Lipinski definition) is 0. The number of aryl methyl sites for hydroxylation is 1. The van der Waals surface area contributed by atoms with Crippen molar-refractivity contribution in [2.45, 2.75) is 12.3 Å². The summed E-state index contributed by atoms with van der Waals surface area (Å²) in [6.07, 6.45) is 0. The SMILES string of the molecule is COc1ccc(C2SCCN2C(=O)c2sc(-c3ccccc3)nc2C)cc1OC. The smallest absolute Gasteiger partial charge is 0.267 e. The fraction of sp³-hybridized carbons (Fsp3) is 0.273. The lowest BCUT2D eigenvalue weighted by Crippen LogP contribution is -2.30. The second-order valence-corrected chi connectivity index (χ2v) is 8.82. The molecule has 1 unspecified atom stereocenters. The maximum atomic E-state index is 13.4. The second-order valence-electron chi connectivity index (χ2n) is 6.64. The zero-order chi connectivity index (χ0) is 20.4. The highest BCUT2D eigenvalue weighted by molar-refractivity contribution is 7.99. The van der Waals surface area contributed by atoms with E-state index in [-0.39, 0.29) is 11.3 Å². The molecule has 29 heavy (non-hydrogen) atoms. The minimum atomic E-state index is -0.0519. The molecule has 0 spiro atoms. The molecule has 1 amide bonds. The van der Waals surface area contributed by atoms with Gasteiger partial charge in [0.05, 0.1) is 19.9 Å². The van der Waals surface area contributed by atoms with Gasteiger partial charge in [0.15, 0.2) is 11.5 Å². The van der Waals surface area contributed by atoms with Crippen molar-refractivity contribution in [1.29, 1.82) is 0 Å². The minimum absolute atomic E-state index is 0.0342. The maximum absolute atomic E-state index is 13.4. The lowest BCUT2D eigenvalue weighted by Gasteiger charge is -2.24. The lowest BCUT2D eigenvalue weighted by molar-refractivity contribution is 0.0764. The molecule has 0 saturated carbocycles. The highest BCUT2D eigenvalue weighted by Crippen LogP contribution is 2.42. The molecule has 7 heteroatoms. The van der Waals surface area contributed by atoms with Gasteiger partial charge in [-0.3, -0.25) is 4.79 Å². The molecule has 0 N–H and O–H groups in total. The molecule has 1 aliphatic rings. The Kier molecular flexibility index (Phi) is 5.78. The Bertz CT molecular complexity index is 1020. The third kappa shape index (κ3) is 3.84. The molecule has 3 aromatic rings. The number of benzene rings is 2. The van der Waals surface area contributed by atoms with Crippen molar-refractivity contribution >= 4 is 29.0 Å². The van der Waals surface area contributed by atoms with Gasteiger partial charge in [0.1, 0.15) is 15.3 Å². The average Bonchev–Trinajstić information content (AvgIpc) is 3.40. The fourth-order valence-electron chi connectivity index (χ4n) is 3.39. The van der Waals surface area contributed by atoms with E-state index in [2.05, 4.69) is 4.98 Å². The number of nitrogens with zero attached hydrogens (tertiary/aromatic N) is 2. The third-order valence-electron chi connectivity index (χ3n) is 4.86. The predicted octanol–water partition coefficient (Wildman–Crippen LogP) is 5.02. The van der Waals surface area contributed by atoms with Crippen molar-refractivity contribution < 1.29 is 14.3 Å². The summed E-state index contributed by atoms with van der Waals surface area (Å²) in [5.41, 5.74) is 2.85. The summed E-state index contributed by atoms with van der Waals surface area (Å²) in [5.74, 6) is 2.29. The van der Waals surface area contributed by atoms with Crippen LogP contribution in [-0.2, 0) is 0 Å². The normalized spacial score (nSPS) is 16.1. The molecule has 1 fully saturated rings. The van der Waals surface area contributed by atoms with Gasteiger partial charge in [-0.05, 0) is 24.6 Å². The molecule has 1 saturated heterocycles. The van der Waals surface area contributed by atoms with E-state index in [1.165, 1.54) is 11.3 Å². The number of thiazole rings is 1. The van der Waals surface area contributed by atoms with Crippen molar-refractivity contribution in [3.05, 3.63) is 64.7 Å². The van der Waals surface area contributed by atoms with Crippen molar-refractivity contribution in [1.82, 2.24) is 9.88 Å². The van der Waals surface area contributed by atoms with Crippen molar-refractivity contribution in [3.8, 4) is 22.1 Å². The fourth-order valence-corrected chi connectivity index (χ4v) is 5.66. The van der Waals surface area contributed by atoms with Gasteiger partial charge in [-0.15, -0.1) is 23.1 Å². The topological polar surface area (TPSA) is 51.7 Å². The summed E-state index contributed by atoms with van der Waals surface area (Å²) in [5, 5.41) is 0.824. The average molecular weight is 427 g/mol. The van der Waals surface area contributed by atoms with E-state index in [1.54, 1.807) is 26.0 Å². The van der Waals surface area contributed by atoms with Crippen LogP contribution in [0.25, 0.3) is 10.6 Å². The van der Waals surface area contributed by atoms with E-state index in [0.29, 0.717) is 22.9 Å². The Morgan fingerprint density at radius 2 is 1.86 bits per heavy atom. The van der Waals surface area contributed by atoms with Crippen LogP contribution in [0.5, 0.6) is 11.5 Å². The number of methoxy groups -OCH3 is 2. The first-order chi connectivity index (χ1) is 14.1. The monoisotopic (exact) mass is 426 g/mol.